The fraction of sp³-hybridized carbons (Fsp3) is 0. The number of halogens is 4. The maximum absolute atomic E-state index is 13.7. The number of anilines is 2. The number of nitrogens with one attached hydrogen (secondary N) is 1. The molecule has 2 aromatic carbocycles. The Kier molecular flexibility index (Phi) is 4.67. The molecule has 104 valence electrons. The van der Waals surface area contributed by atoms with Crippen LogP contribution in [0.2, 0.25) is 5.02 Å². The second-order valence-electron chi connectivity index (χ2n) is 3.91. The monoisotopic (exact) mass is 420 g/mol. The molecule has 2 aromatic rings. The molecule has 0 atom stereocenters. The zero-order valence-corrected chi connectivity index (χ0v) is 13.8. The van der Waals surface area contributed by atoms with Crippen molar-refractivity contribution in [1.82, 2.24) is 0 Å². The molecule has 0 spiro atoms. The summed E-state index contributed by atoms with van der Waals surface area (Å²) in [5.41, 5.74) is 6.43. The lowest BCUT2D eigenvalue weighted by Gasteiger charge is -2.12. The van der Waals surface area contributed by atoms with Crippen LogP contribution in [0.1, 0.15) is 10.4 Å². The second-order valence-corrected chi connectivity index (χ2v) is 6.03. The molecule has 1 amide bonds. The van der Waals surface area contributed by atoms with Crippen molar-refractivity contribution in [2.24, 2.45) is 0 Å². The quantitative estimate of drug-likeness (QED) is 0.681. The van der Waals surface area contributed by atoms with E-state index in [1.54, 1.807) is 12.1 Å². The number of hydrogen-bond donors (Lipinski definition) is 2. The number of carbonyl (C=O) groups is 1. The van der Waals surface area contributed by atoms with Gasteiger partial charge in [0.05, 0.1) is 16.3 Å². The molecule has 0 saturated heterocycles. The minimum Gasteiger partial charge on any atom is -0.399 e. The standard InChI is InChI=1S/C13H8Br2ClFN2O/c14-7-4-6(18)5-8(15)12(7)19-13(20)11-9(16)2-1-3-10(11)17/h1-5H,18H2,(H,19,20). The Labute approximate surface area is 136 Å². The Morgan fingerprint density at radius 3 is 2.40 bits per heavy atom. The van der Waals surface area contributed by atoms with Crippen molar-refractivity contribution in [3.63, 3.8) is 0 Å². The Morgan fingerprint density at radius 1 is 1.25 bits per heavy atom. The first-order chi connectivity index (χ1) is 9.40. The minimum absolute atomic E-state index is 0.0465. The number of carbonyl (C=O) groups excluding carboxylic acids is 1. The fourth-order valence-corrected chi connectivity index (χ4v) is 3.27. The van der Waals surface area contributed by atoms with Crippen LogP contribution in [-0.4, -0.2) is 5.91 Å². The van der Waals surface area contributed by atoms with E-state index in [2.05, 4.69) is 37.2 Å². The first kappa shape index (κ1) is 15.3. The van der Waals surface area contributed by atoms with Crippen LogP contribution in [-0.2, 0) is 0 Å². The van der Waals surface area contributed by atoms with Gasteiger partial charge in [-0.05, 0) is 56.1 Å². The van der Waals surface area contributed by atoms with Crippen LogP contribution in [0.4, 0.5) is 15.8 Å². The van der Waals surface area contributed by atoms with Crippen molar-refractivity contribution < 1.29 is 9.18 Å². The van der Waals surface area contributed by atoms with Gasteiger partial charge >= 0.3 is 0 Å². The molecule has 3 nitrogen and oxygen atoms in total. The smallest absolute Gasteiger partial charge is 0.260 e. The fourth-order valence-electron chi connectivity index (χ4n) is 1.60. The number of hydrogen-bond acceptors (Lipinski definition) is 2. The number of nitrogen functional groups attached to an aromatic ring is 1. The summed E-state index contributed by atoms with van der Waals surface area (Å²) in [7, 11) is 0. The highest BCUT2D eigenvalue weighted by Gasteiger charge is 2.18. The minimum atomic E-state index is -0.683. The van der Waals surface area contributed by atoms with Crippen molar-refractivity contribution in [1.29, 1.82) is 0 Å². The van der Waals surface area contributed by atoms with Crippen molar-refractivity contribution >= 4 is 60.7 Å². The highest BCUT2D eigenvalue weighted by molar-refractivity contribution is 9.11. The van der Waals surface area contributed by atoms with Crippen LogP contribution >= 0.6 is 43.5 Å². The summed E-state index contributed by atoms with van der Waals surface area (Å²) in [5, 5.41) is 2.64. The lowest BCUT2D eigenvalue weighted by molar-refractivity contribution is 0.102. The largest absolute Gasteiger partial charge is 0.399 e. The van der Waals surface area contributed by atoms with Gasteiger partial charge < -0.3 is 11.1 Å². The van der Waals surface area contributed by atoms with E-state index in [-0.39, 0.29) is 10.6 Å². The van der Waals surface area contributed by atoms with Crippen molar-refractivity contribution in [3.05, 3.63) is 55.7 Å². The Balaban J connectivity index is 2.38. The lowest BCUT2D eigenvalue weighted by Crippen LogP contribution is -2.15. The molecule has 7 heteroatoms. The van der Waals surface area contributed by atoms with Crippen LogP contribution in [0, 0.1) is 5.82 Å². The average molecular weight is 422 g/mol. The van der Waals surface area contributed by atoms with Gasteiger partial charge in [-0.25, -0.2) is 4.39 Å². The second kappa shape index (κ2) is 6.11. The van der Waals surface area contributed by atoms with Gasteiger partial charge in [-0.3, -0.25) is 4.79 Å². The summed E-state index contributed by atoms with van der Waals surface area (Å²) >= 11 is 12.4. The first-order valence-corrected chi connectivity index (χ1v) is 7.36. The van der Waals surface area contributed by atoms with E-state index in [9.17, 15) is 9.18 Å². The van der Waals surface area contributed by atoms with Crippen molar-refractivity contribution in [3.8, 4) is 0 Å². The van der Waals surface area contributed by atoms with Gasteiger partial charge in [-0.15, -0.1) is 0 Å². The SMILES string of the molecule is Nc1cc(Br)c(NC(=O)c2c(F)cccc2Cl)c(Br)c1. The average Bonchev–Trinajstić information content (AvgIpc) is 2.33. The van der Waals surface area contributed by atoms with E-state index in [4.69, 9.17) is 17.3 Å². The predicted molar refractivity (Wildman–Crippen MR) is 85.6 cm³/mol. The molecule has 0 fully saturated rings. The van der Waals surface area contributed by atoms with Gasteiger partial charge in [0.1, 0.15) is 5.82 Å². The Hall–Kier alpha value is -1.11. The van der Waals surface area contributed by atoms with Crippen LogP contribution in [0.15, 0.2) is 39.3 Å². The molecular formula is C13H8Br2ClFN2O. The summed E-state index contributed by atoms with van der Waals surface area (Å²) in [6, 6.07) is 7.32. The molecule has 3 N–H and O–H groups in total. The topological polar surface area (TPSA) is 55.1 Å². The summed E-state index contributed by atoms with van der Waals surface area (Å²) in [4.78, 5) is 12.1. The molecule has 0 saturated carbocycles. The molecule has 0 bridgehead atoms. The van der Waals surface area contributed by atoms with Crippen LogP contribution in [0.3, 0.4) is 0 Å². The molecule has 0 heterocycles. The molecule has 0 aliphatic heterocycles. The van der Waals surface area contributed by atoms with Crippen molar-refractivity contribution in [2.75, 3.05) is 11.1 Å². The lowest BCUT2D eigenvalue weighted by atomic mass is 10.2. The zero-order chi connectivity index (χ0) is 14.9. The van der Waals surface area contributed by atoms with E-state index in [0.29, 0.717) is 20.3 Å². The van der Waals surface area contributed by atoms with E-state index in [0.717, 1.165) is 0 Å². The summed E-state index contributed by atoms with van der Waals surface area (Å²) in [5.74, 6) is -1.32. The van der Waals surface area contributed by atoms with Crippen LogP contribution in [0.5, 0.6) is 0 Å². The first-order valence-electron chi connectivity index (χ1n) is 5.40. The van der Waals surface area contributed by atoms with E-state index < -0.39 is 11.7 Å². The van der Waals surface area contributed by atoms with Gasteiger partial charge in [0, 0.05) is 14.6 Å². The third-order valence-corrected chi connectivity index (χ3v) is 4.06. The third-order valence-electron chi connectivity index (χ3n) is 2.49. The van der Waals surface area contributed by atoms with Crippen molar-refractivity contribution in [2.45, 2.75) is 0 Å². The number of rotatable bonds is 2. The Morgan fingerprint density at radius 2 is 1.85 bits per heavy atom. The van der Waals surface area contributed by atoms with E-state index in [1.807, 2.05) is 0 Å². The van der Waals surface area contributed by atoms with Crippen LogP contribution in [0.25, 0.3) is 0 Å². The number of amides is 1. The summed E-state index contributed by atoms with van der Waals surface area (Å²) in [6.45, 7) is 0. The number of benzene rings is 2. The highest BCUT2D eigenvalue weighted by atomic mass is 79.9. The van der Waals surface area contributed by atoms with Gasteiger partial charge in [-0.1, -0.05) is 17.7 Å². The third kappa shape index (κ3) is 3.13. The summed E-state index contributed by atoms with van der Waals surface area (Å²) < 4.78 is 14.8. The molecule has 0 unspecified atom stereocenters. The van der Waals surface area contributed by atoms with E-state index >= 15 is 0 Å². The molecule has 0 aromatic heterocycles. The maximum Gasteiger partial charge on any atom is 0.260 e. The van der Waals surface area contributed by atoms with Gasteiger partial charge in [-0.2, -0.15) is 0 Å². The Bertz CT molecular complexity index is 651. The van der Waals surface area contributed by atoms with E-state index in [1.165, 1.54) is 18.2 Å². The molecule has 0 radical (unpaired) electrons. The van der Waals surface area contributed by atoms with Gasteiger partial charge in [0.25, 0.3) is 5.91 Å². The van der Waals surface area contributed by atoms with Gasteiger partial charge in [0.15, 0.2) is 0 Å². The molecular weight excluding hydrogens is 414 g/mol. The zero-order valence-electron chi connectivity index (χ0n) is 9.88. The van der Waals surface area contributed by atoms with Crippen LogP contribution < -0.4 is 11.1 Å². The summed E-state index contributed by atoms with van der Waals surface area (Å²) in [6.07, 6.45) is 0. The van der Waals surface area contributed by atoms with Gasteiger partial charge in [0.2, 0.25) is 0 Å². The number of nitrogens with two attached hydrogens (primary N) is 1. The molecule has 2 rings (SSSR count). The highest BCUT2D eigenvalue weighted by Crippen LogP contribution is 2.34. The predicted octanol–water partition coefficient (Wildman–Crippen LogP) is 4.84. The molecule has 0 aliphatic carbocycles. The molecule has 20 heavy (non-hydrogen) atoms. The normalized spacial score (nSPS) is 10.4. The molecule has 0 aliphatic rings. The maximum atomic E-state index is 13.7.